The van der Waals surface area contributed by atoms with Crippen molar-refractivity contribution in [2.45, 2.75) is 57.8 Å². The Kier molecular flexibility index (Phi) is 7.93. The topological polar surface area (TPSA) is 79.5 Å². The number of urea groups is 1. The molecular formula is C30H35N3O3. The molecule has 4 rings (SSSR count). The van der Waals surface area contributed by atoms with Crippen molar-refractivity contribution in [1.82, 2.24) is 0 Å². The van der Waals surface area contributed by atoms with Gasteiger partial charge in [-0.3, -0.25) is 4.79 Å². The van der Waals surface area contributed by atoms with Gasteiger partial charge in [-0.2, -0.15) is 0 Å². The fourth-order valence-corrected chi connectivity index (χ4v) is 5.13. The van der Waals surface area contributed by atoms with Crippen molar-refractivity contribution in [1.29, 1.82) is 0 Å². The summed E-state index contributed by atoms with van der Waals surface area (Å²) < 4.78 is 5.47. The molecule has 188 valence electrons. The standard InChI is InChI=1S/C30H35N3O3/c1-4-30(17-7-8-18-30)23-12-14-24(15-13-23)31-28(34)20-22-11-16-26(27(19-22)36-3)33-29(35)32-25-10-6-5-9-21(25)2/h5-6,9-16,19H,4,7-8,17-18,20H2,1-3H3,(H,31,34)(H2,32,33,35). The number of ether oxygens (including phenoxy) is 1. The molecule has 0 saturated heterocycles. The van der Waals surface area contributed by atoms with Crippen LogP contribution in [-0.4, -0.2) is 19.0 Å². The second kappa shape index (κ2) is 11.3. The molecule has 1 fully saturated rings. The zero-order chi connectivity index (χ0) is 25.5. The monoisotopic (exact) mass is 485 g/mol. The second-order valence-electron chi connectivity index (χ2n) is 9.57. The van der Waals surface area contributed by atoms with E-state index in [1.807, 2.05) is 49.4 Å². The molecule has 3 amide bonds. The van der Waals surface area contributed by atoms with Crippen LogP contribution >= 0.6 is 0 Å². The quantitative estimate of drug-likeness (QED) is 0.320. The van der Waals surface area contributed by atoms with Gasteiger partial charge in [0, 0.05) is 11.4 Å². The number of methoxy groups -OCH3 is 1. The lowest BCUT2D eigenvalue weighted by Gasteiger charge is -2.28. The lowest BCUT2D eigenvalue weighted by atomic mass is 9.77. The van der Waals surface area contributed by atoms with Crippen LogP contribution in [0.5, 0.6) is 5.75 Å². The lowest BCUT2D eigenvalue weighted by molar-refractivity contribution is -0.115. The predicted molar refractivity (Wildman–Crippen MR) is 146 cm³/mol. The maximum atomic E-state index is 12.7. The molecule has 0 aromatic heterocycles. The van der Waals surface area contributed by atoms with Gasteiger partial charge in [-0.25, -0.2) is 4.79 Å². The van der Waals surface area contributed by atoms with Gasteiger partial charge in [-0.05, 0) is 78.6 Å². The summed E-state index contributed by atoms with van der Waals surface area (Å²) in [5, 5.41) is 8.66. The zero-order valence-electron chi connectivity index (χ0n) is 21.3. The average Bonchev–Trinajstić information content (AvgIpc) is 3.37. The first-order valence-electron chi connectivity index (χ1n) is 12.6. The molecule has 0 bridgehead atoms. The maximum absolute atomic E-state index is 12.7. The molecule has 3 N–H and O–H groups in total. The summed E-state index contributed by atoms with van der Waals surface area (Å²) in [6.45, 7) is 4.20. The summed E-state index contributed by atoms with van der Waals surface area (Å²) >= 11 is 0. The third kappa shape index (κ3) is 5.88. The van der Waals surface area contributed by atoms with Gasteiger partial charge in [0.05, 0.1) is 19.2 Å². The van der Waals surface area contributed by atoms with Crippen molar-refractivity contribution < 1.29 is 14.3 Å². The number of aryl methyl sites for hydroxylation is 1. The molecule has 0 aliphatic heterocycles. The Balaban J connectivity index is 1.36. The van der Waals surface area contributed by atoms with Gasteiger partial charge in [-0.15, -0.1) is 0 Å². The number of carbonyl (C=O) groups excluding carboxylic acids is 2. The third-order valence-electron chi connectivity index (χ3n) is 7.29. The van der Waals surface area contributed by atoms with Crippen molar-refractivity contribution in [3.05, 3.63) is 83.4 Å². The minimum absolute atomic E-state index is 0.103. The maximum Gasteiger partial charge on any atom is 0.323 e. The molecule has 0 heterocycles. The van der Waals surface area contributed by atoms with Gasteiger partial charge in [0.25, 0.3) is 0 Å². The molecule has 1 aliphatic rings. The van der Waals surface area contributed by atoms with Gasteiger partial charge in [0.1, 0.15) is 5.75 Å². The smallest absolute Gasteiger partial charge is 0.323 e. The van der Waals surface area contributed by atoms with Crippen molar-refractivity contribution in [2.24, 2.45) is 0 Å². The van der Waals surface area contributed by atoms with Crippen LogP contribution in [0.1, 0.15) is 55.7 Å². The number of hydrogen-bond donors (Lipinski definition) is 3. The number of hydrogen-bond acceptors (Lipinski definition) is 3. The Morgan fingerprint density at radius 3 is 2.25 bits per heavy atom. The first kappa shape index (κ1) is 25.3. The van der Waals surface area contributed by atoms with E-state index in [4.69, 9.17) is 4.74 Å². The fourth-order valence-electron chi connectivity index (χ4n) is 5.13. The van der Waals surface area contributed by atoms with Crippen LogP contribution in [0.2, 0.25) is 0 Å². The van der Waals surface area contributed by atoms with Crippen LogP contribution in [0.15, 0.2) is 66.7 Å². The summed E-state index contributed by atoms with van der Waals surface area (Å²) in [4.78, 5) is 25.2. The molecule has 0 atom stereocenters. The third-order valence-corrected chi connectivity index (χ3v) is 7.29. The Labute approximate surface area is 213 Å². The summed E-state index contributed by atoms with van der Waals surface area (Å²) in [6, 6.07) is 20.9. The zero-order valence-corrected chi connectivity index (χ0v) is 21.3. The van der Waals surface area contributed by atoms with Crippen LogP contribution in [0.3, 0.4) is 0 Å². The van der Waals surface area contributed by atoms with Crippen LogP contribution in [0.4, 0.5) is 21.9 Å². The average molecular weight is 486 g/mol. The first-order valence-corrected chi connectivity index (χ1v) is 12.6. The Morgan fingerprint density at radius 2 is 1.58 bits per heavy atom. The van der Waals surface area contributed by atoms with E-state index in [1.165, 1.54) is 31.2 Å². The fraction of sp³-hybridized carbons (Fsp3) is 0.333. The first-order chi connectivity index (χ1) is 17.4. The van der Waals surface area contributed by atoms with Gasteiger partial charge in [-0.1, -0.05) is 56.2 Å². The number of rotatable bonds is 8. The van der Waals surface area contributed by atoms with Crippen LogP contribution in [-0.2, 0) is 16.6 Å². The van der Waals surface area contributed by atoms with E-state index < -0.39 is 0 Å². The molecule has 0 unspecified atom stereocenters. The number of nitrogens with one attached hydrogen (secondary N) is 3. The Bertz CT molecular complexity index is 1210. The largest absolute Gasteiger partial charge is 0.495 e. The molecule has 36 heavy (non-hydrogen) atoms. The van der Waals surface area contributed by atoms with E-state index in [0.29, 0.717) is 16.9 Å². The highest BCUT2D eigenvalue weighted by Crippen LogP contribution is 2.43. The minimum atomic E-state index is -0.362. The molecular weight excluding hydrogens is 450 g/mol. The Morgan fingerprint density at radius 1 is 0.889 bits per heavy atom. The van der Waals surface area contributed by atoms with Crippen molar-refractivity contribution in [2.75, 3.05) is 23.1 Å². The summed E-state index contributed by atoms with van der Waals surface area (Å²) in [5.74, 6) is 0.389. The second-order valence-corrected chi connectivity index (χ2v) is 9.57. The van der Waals surface area contributed by atoms with E-state index in [1.54, 1.807) is 19.2 Å². The number of benzene rings is 3. The van der Waals surface area contributed by atoms with Gasteiger partial charge in [0.15, 0.2) is 0 Å². The van der Waals surface area contributed by atoms with E-state index in [-0.39, 0.29) is 18.4 Å². The van der Waals surface area contributed by atoms with Gasteiger partial charge in [0.2, 0.25) is 5.91 Å². The molecule has 0 spiro atoms. The van der Waals surface area contributed by atoms with Crippen LogP contribution < -0.4 is 20.7 Å². The Hall–Kier alpha value is -3.80. The number of carbonyl (C=O) groups is 2. The number of para-hydroxylation sites is 1. The highest BCUT2D eigenvalue weighted by Gasteiger charge is 2.33. The molecule has 1 saturated carbocycles. The summed E-state index contributed by atoms with van der Waals surface area (Å²) in [6.07, 6.45) is 6.43. The van der Waals surface area contributed by atoms with Crippen LogP contribution in [0, 0.1) is 6.92 Å². The minimum Gasteiger partial charge on any atom is -0.495 e. The van der Waals surface area contributed by atoms with E-state index >= 15 is 0 Å². The summed E-state index contributed by atoms with van der Waals surface area (Å²) in [5.41, 5.74) is 5.50. The molecule has 6 nitrogen and oxygen atoms in total. The van der Waals surface area contributed by atoms with E-state index in [2.05, 4.69) is 35.0 Å². The number of anilines is 3. The predicted octanol–water partition coefficient (Wildman–Crippen LogP) is 7.05. The molecule has 6 heteroatoms. The molecule has 3 aromatic carbocycles. The van der Waals surface area contributed by atoms with Gasteiger partial charge >= 0.3 is 6.03 Å². The van der Waals surface area contributed by atoms with Crippen molar-refractivity contribution >= 4 is 29.0 Å². The highest BCUT2D eigenvalue weighted by atomic mass is 16.5. The summed E-state index contributed by atoms with van der Waals surface area (Å²) in [7, 11) is 1.54. The number of amides is 3. The lowest BCUT2D eigenvalue weighted by Crippen LogP contribution is -2.21. The van der Waals surface area contributed by atoms with Crippen molar-refractivity contribution in [3.8, 4) is 5.75 Å². The SMILES string of the molecule is CCC1(c2ccc(NC(=O)Cc3ccc(NC(=O)Nc4ccccc4C)c(OC)c3)cc2)CCCC1. The normalized spacial score (nSPS) is 14.2. The van der Waals surface area contributed by atoms with Crippen molar-refractivity contribution in [3.63, 3.8) is 0 Å². The van der Waals surface area contributed by atoms with Gasteiger partial charge < -0.3 is 20.7 Å². The molecule has 3 aromatic rings. The molecule has 1 aliphatic carbocycles. The highest BCUT2D eigenvalue weighted by molar-refractivity contribution is 6.01. The molecule has 0 radical (unpaired) electrons. The van der Waals surface area contributed by atoms with E-state index in [0.717, 1.165) is 28.9 Å². The van der Waals surface area contributed by atoms with Crippen LogP contribution in [0.25, 0.3) is 0 Å². The van der Waals surface area contributed by atoms with E-state index in [9.17, 15) is 9.59 Å².